The number of nitrogens with one attached hydrogen (secondary N) is 2. The molecular formula is C19H15ClFN3O. The van der Waals surface area contributed by atoms with Gasteiger partial charge in [-0.15, -0.1) is 0 Å². The van der Waals surface area contributed by atoms with Crippen molar-refractivity contribution in [3.05, 3.63) is 82.9 Å². The maximum Gasteiger partial charge on any atom is 0.257 e. The highest BCUT2D eigenvalue weighted by Gasteiger charge is 2.10. The standard InChI is InChI=1S/C19H15ClFN3O/c1-12-6-7-14(9-16(12)20)23-15-8-13(10-22-11-15)19(25)24-18-5-3-2-4-17(18)21/h2-11,23H,1H3,(H,24,25). The van der Waals surface area contributed by atoms with Crippen LogP contribution in [0.25, 0.3) is 0 Å². The van der Waals surface area contributed by atoms with Gasteiger partial charge in [0.25, 0.3) is 5.91 Å². The van der Waals surface area contributed by atoms with Crippen LogP contribution < -0.4 is 10.6 Å². The fraction of sp³-hybridized carbons (Fsp3) is 0.0526. The number of aromatic nitrogens is 1. The number of para-hydroxylation sites is 1. The van der Waals surface area contributed by atoms with Gasteiger partial charge in [-0.25, -0.2) is 4.39 Å². The minimum absolute atomic E-state index is 0.121. The third kappa shape index (κ3) is 4.14. The van der Waals surface area contributed by atoms with E-state index in [0.717, 1.165) is 11.3 Å². The number of halogens is 2. The summed E-state index contributed by atoms with van der Waals surface area (Å²) in [5.41, 5.74) is 2.82. The van der Waals surface area contributed by atoms with E-state index in [9.17, 15) is 9.18 Å². The van der Waals surface area contributed by atoms with Crippen LogP contribution in [0.5, 0.6) is 0 Å². The molecule has 4 nitrogen and oxygen atoms in total. The highest BCUT2D eigenvalue weighted by molar-refractivity contribution is 6.31. The van der Waals surface area contributed by atoms with E-state index in [2.05, 4.69) is 15.6 Å². The van der Waals surface area contributed by atoms with Gasteiger partial charge in [0, 0.05) is 16.9 Å². The molecule has 1 heterocycles. The molecule has 0 atom stereocenters. The Balaban J connectivity index is 1.77. The molecule has 25 heavy (non-hydrogen) atoms. The molecule has 0 radical (unpaired) electrons. The number of aryl methyl sites for hydroxylation is 1. The Labute approximate surface area is 149 Å². The molecule has 0 fully saturated rings. The zero-order valence-corrected chi connectivity index (χ0v) is 14.1. The summed E-state index contributed by atoms with van der Waals surface area (Å²) in [6, 6.07) is 13.2. The number of hydrogen-bond acceptors (Lipinski definition) is 3. The Kier molecular flexibility index (Phi) is 4.95. The van der Waals surface area contributed by atoms with Gasteiger partial charge in [0.1, 0.15) is 5.82 Å². The number of anilines is 3. The summed E-state index contributed by atoms with van der Waals surface area (Å²) >= 11 is 6.11. The Hall–Kier alpha value is -2.92. The fourth-order valence-electron chi connectivity index (χ4n) is 2.23. The number of nitrogens with zero attached hydrogens (tertiary/aromatic N) is 1. The first-order chi connectivity index (χ1) is 12.0. The minimum Gasteiger partial charge on any atom is -0.354 e. The maximum absolute atomic E-state index is 13.6. The molecule has 1 aromatic heterocycles. The van der Waals surface area contributed by atoms with Gasteiger partial charge in [0.15, 0.2) is 0 Å². The number of carbonyl (C=O) groups excluding carboxylic acids is 1. The van der Waals surface area contributed by atoms with E-state index < -0.39 is 11.7 Å². The molecule has 3 rings (SSSR count). The van der Waals surface area contributed by atoms with E-state index in [1.165, 1.54) is 18.3 Å². The van der Waals surface area contributed by atoms with Crippen LogP contribution in [0.3, 0.4) is 0 Å². The van der Waals surface area contributed by atoms with Crippen LogP contribution >= 0.6 is 11.6 Å². The smallest absolute Gasteiger partial charge is 0.257 e. The predicted molar refractivity (Wildman–Crippen MR) is 98.1 cm³/mol. The van der Waals surface area contributed by atoms with Crippen molar-refractivity contribution < 1.29 is 9.18 Å². The second kappa shape index (κ2) is 7.32. The molecule has 0 unspecified atom stereocenters. The maximum atomic E-state index is 13.6. The molecule has 2 N–H and O–H groups in total. The van der Waals surface area contributed by atoms with Crippen LogP contribution in [0.15, 0.2) is 60.9 Å². The molecule has 0 saturated heterocycles. The molecule has 0 aliphatic rings. The molecular weight excluding hydrogens is 341 g/mol. The molecule has 3 aromatic rings. The zero-order chi connectivity index (χ0) is 17.8. The lowest BCUT2D eigenvalue weighted by Crippen LogP contribution is -2.13. The van der Waals surface area contributed by atoms with Crippen molar-refractivity contribution in [3.8, 4) is 0 Å². The van der Waals surface area contributed by atoms with E-state index in [0.29, 0.717) is 16.3 Å². The van der Waals surface area contributed by atoms with Crippen molar-refractivity contribution >= 4 is 34.6 Å². The molecule has 2 aromatic carbocycles. The zero-order valence-electron chi connectivity index (χ0n) is 13.4. The first-order valence-corrected chi connectivity index (χ1v) is 7.95. The first-order valence-electron chi connectivity index (χ1n) is 7.57. The quantitative estimate of drug-likeness (QED) is 0.678. The third-order valence-corrected chi connectivity index (χ3v) is 3.99. The van der Waals surface area contributed by atoms with Crippen LogP contribution in [0.1, 0.15) is 15.9 Å². The van der Waals surface area contributed by atoms with E-state index in [1.54, 1.807) is 30.5 Å². The summed E-state index contributed by atoms with van der Waals surface area (Å²) in [7, 11) is 0. The number of carbonyl (C=O) groups is 1. The normalized spacial score (nSPS) is 10.4. The molecule has 126 valence electrons. The lowest BCUT2D eigenvalue weighted by molar-refractivity contribution is 0.102. The summed E-state index contributed by atoms with van der Waals surface area (Å²) < 4.78 is 13.6. The van der Waals surface area contributed by atoms with Gasteiger partial charge < -0.3 is 10.6 Å². The van der Waals surface area contributed by atoms with Gasteiger partial charge in [-0.2, -0.15) is 0 Å². The van der Waals surface area contributed by atoms with Gasteiger partial charge in [-0.1, -0.05) is 29.8 Å². The molecule has 0 saturated carbocycles. The summed E-state index contributed by atoms with van der Waals surface area (Å²) in [5, 5.41) is 6.32. The Bertz CT molecular complexity index is 930. The van der Waals surface area contributed by atoms with Gasteiger partial charge in [0.05, 0.1) is 23.1 Å². The predicted octanol–water partition coefficient (Wildman–Crippen LogP) is 5.18. The van der Waals surface area contributed by atoms with Gasteiger partial charge in [-0.05, 0) is 42.8 Å². The summed E-state index contributed by atoms with van der Waals surface area (Å²) in [6.07, 6.45) is 3.01. The number of amides is 1. The van der Waals surface area contributed by atoms with Gasteiger partial charge >= 0.3 is 0 Å². The van der Waals surface area contributed by atoms with Crippen molar-refractivity contribution in [1.82, 2.24) is 4.98 Å². The third-order valence-electron chi connectivity index (χ3n) is 3.58. The molecule has 1 amide bonds. The van der Waals surface area contributed by atoms with E-state index >= 15 is 0 Å². The van der Waals surface area contributed by atoms with Crippen molar-refractivity contribution in [2.45, 2.75) is 6.92 Å². The van der Waals surface area contributed by atoms with Crippen molar-refractivity contribution in [2.24, 2.45) is 0 Å². The Morgan fingerprint density at radius 3 is 2.64 bits per heavy atom. The second-order valence-corrected chi connectivity index (χ2v) is 5.89. The molecule has 0 spiro atoms. The molecule has 0 aliphatic carbocycles. The summed E-state index contributed by atoms with van der Waals surface area (Å²) in [6.45, 7) is 1.92. The highest BCUT2D eigenvalue weighted by Crippen LogP contribution is 2.23. The Morgan fingerprint density at radius 1 is 1.08 bits per heavy atom. The molecule has 6 heteroatoms. The highest BCUT2D eigenvalue weighted by atomic mass is 35.5. The second-order valence-electron chi connectivity index (χ2n) is 5.49. The van der Waals surface area contributed by atoms with Crippen molar-refractivity contribution in [3.63, 3.8) is 0 Å². The molecule has 0 aliphatic heterocycles. The van der Waals surface area contributed by atoms with Crippen molar-refractivity contribution in [2.75, 3.05) is 10.6 Å². The average Bonchev–Trinajstić information content (AvgIpc) is 2.60. The van der Waals surface area contributed by atoms with Crippen LogP contribution in [0.2, 0.25) is 5.02 Å². The number of hydrogen-bond donors (Lipinski definition) is 2. The lowest BCUT2D eigenvalue weighted by atomic mass is 10.2. The number of pyridine rings is 1. The van der Waals surface area contributed by atoms with E-state index in [1.807, 2.05) is 19.1 Å². The van der Waals surface area contributed by atoms with Crippen LogP contribution in [0, 0.1) is 12.7 Å². The topological polar surface area (TPSA) is 54.0 Å². The van der Waals surface area contributed by atoms with E-state index in [4.69, 9.17) is 11.6 Å². The van der Waals surface area contributed by atoms with Gasteiger partial charge in [0.2, 0.25) is 0 Å². The number of benzene rings is 2. The monoisotopic (exact) mass is 355 g/mol. The lowest BCUT2D eigenvalue weighted by Gasteiger charge is -2.10. The van der Waals surface area contributed by atoms with Gasteiger partial charge in [-0.3, -0.25) is 9.78 Å². The fourth-order valence-corrected chi connectivity index (χ4v) is 2.41. The van der Waals surface area contributed by atoms with Crippen LogP contribution in [-0.2, 0) is 0 Å². The SMILES string of the molecule is Cc1ccc(Nc2cncc(C(=O)Nc3ccccc3F)c2)cc1Cl. The average molecular weight is 356 g/mol. The Morgan fingerprint density at radius 2 is 1.88 bits per heavy atom. The first kappa shape index (κ1) is 16.9. The summed E-state index contributed by atoms with van der Waals surface area (Å²) in [4.78, 5) is 16.4. The van der Waals surface area contributed by atoms with Crippen LogP contribution in [-0.4, -0.2) is 10.9 Å². The van der Waals surface area contributed by atoms with Crippen molar-refractivity contribution in [1.29, 1.82) is 0 Å². The summed E-state index contributed by atoms with van der Waals surface area (Å²) in [5.74, 6) is -0.935. The molecule has 0 bridgehead atoms. The van der Waals surface area contributed by atoms with Crippen LogP contribution in [0.4, 0.5) is 21.5 Å². The minimum atomic E-state index is -0.493. The largest absolute Gasteiger partial charge is 0.354 e. The van der Waals surface area contributed by atoms with E-state index in [-0.39, 0.29) is 5.69 Å². The number of rotatable bonds is 4.